The lowest BCUT2D eigenvalue weighted by Gasteiger charge is -2.49. The summed E-state index contributed by atoms with van der Waals surface area (Å²) in [5.74, 6) is -9.14. The van der Waals surface area contributed by atoms with Gasteiger partial charge in [-0.15, -0.1) is 10.2 Å². The monoisotopic (exact) mass is 2020 g/mol. The van der Waals surface area contributed by atoms with Crippen LogP contribution in [0.5, 0.6) is 0 Å². The predicted molar refractivity (Wildman–Crippen MR) is 484 cm³/mol. The Balaban J connectivity index is 0.658. The van der Waals surface area contributed by atoms with Crippen LogP contribution in [-0.4, -0.2) is 369 Å². The second-order valence-corrected chi connectivity index (χ2v) is 38.0. The number of nitrogens with two attached hydrogens (primary N) is 2. The first kappa shape index (κ1) is 112. The number of aryl methyl sites for hydroxylation is 2. The van der Waals surface area contributed by atoms with E-state index in [9.17, 15) is 119 Å². The zero-order chi connectivity index (χ0) is 102. The minimum atomic E-state index is -1.96. The maximum Gasteiger partial charge on any atom is 0.332 e. The van der Waals surface area contributed by atoms with Crippen LogP contribution in [0, 0.1) is 23.7 Å². The largest absolute Gasteiger partial charge is 0.479 e. The van der Waals surface area contributed by atoms with Gasteiger partial charge >= 0.3 is 23.3 Å². The standard InChI is InChI=1S/C90H138N16O36/c1-43-69(115)73(119)75(121)87(133-43)141-77-51(93-81(123)53-35-65(113)99-89(129)95-53)31-47(55(109)19-12-23-91)33-57(77)137-85-67(79(71(117)61(39-107)139-85)135-59(83(125)126)29-45-15-6-3-7-16-45)97-63(111)21-10-5-11-25-105-37-49(101-103-105)41-131-27-28-132-42-50-38-106(104-102-50)26-14-22-64(112)98-68-80(136-60(84(127)128)30-46-17-8-4-9-18-46)72(118)62(40-108)140-86(68)138-58-34-48(56(110)20-13-24-92)32-52(94-82(124)54-36-66(114)100-90(130)96-54)78(58)142-88-76(122)74(120)70(116)44(2)134-88/h35-38,43-48,51-52,57-62,67-80,85-88,107-108,115-122H,3-34,39-42,91-92H2,1-2H3,(H,93,123)(H,94,124)(H,97,111)(H,98,112)(H,125,126)(H,127,128)(H2,95,99,113,129)(H2,96,100,114,130)/t43?,44?,47?,48?,51?,52?,57-,58-,59+,60+,61+,62+,67?,68?,69-,70-,71+,72+,73+,74+,75?,76?,77-,78-,79?,80?,85-,86-,87+,88+/m1/s1. The minimum absolute atomic E-state index is 0.00341. The average Bonchev–Trinajstić information content (AvgIpc) is 0.855. The molecule has 4 amide bonds. The Labute approximate surface area is 813 Å². The fraction of sp³-hybridized carbons (Fsp3) is 0.778. The molecule has 4 aromatic heterocycles. The molecule has 4 aromatic rings. The van der Waals surface area contributed by atoms with Gasteiger partial charge in [-0.2, -0.15) is 0 Å². The van der Waals surface area contributed by atoms with Gasteiger partial charge in [-0.05, 0) is 109 Å². The Bertz CT molecular complexity index is 4920. The van der Waals surface area contributed by atoms with Gasteiger partial charge < -0.3 is 161 Å². The van der Waals surface area contributed by atoms with Crippen molar-refractivity contribution in [1.82, 2.24) is 71.2 Å². The number of carbonyl (C=O) groups excluding carboxylic acids is 6. The number of unbranched alkanes of at least 4 members (excludes halogenated alkanes) is 2. The average molecular weight is 2020 g/mol. The van der Waals surface area contributed by atoms with Crippen LogP contribution in [0.15, 0.2) is 43.7 Å². The van der Waals surface area contributed by atoms with E-state index in [1.165, 1.54) is 18.5 Å². The molecule has 4 saturated carbocycles. The number of carboxylic acids is 2. The molecule has 0 bridgehead atoms. The highest BCUT2D eigenvalue weighted by atomic mass is 16.8. The number of nitrogens with zero attached hydrogens (tertiary/aromatic N) is 6. The lowest BCUT2D eigenvalue weighted by atomic mass is 9.78. The van der Waals surface area contributed by atoms with Crippen LogP contribution in [-0.2, 0) is 112 Å². The summed E-state index contributed by atoms with van der Waals surface area (Å²) in [6.45, 7) is 1.84. The van der Waals surface area contributed by atoms with E-state index in [2.05, 4.69) is 51.9 Å². The topological polar surface area (TPSA) is 783 Å². The molecule has 142 heavy (non-hydrogen) atoms. The van der Waals surface area contributed by atoms with Gasteiger partial charge in [-0.3, -0.25) is 57.7 Å². The Morgan fingerprint density at radius 1 is 0.458 bits per heavy atom. The number of aliphatic carboxylic acids is 2. The van der Waals surface area contributed by atoms with E-state index in [4.69, 9.17) is 68.3 Å². The normalized spacial score (nSPS) is 32.1. The van der Waals surface area contributed by atoms with Crippen LogP contribution in [0.3, 0.4) is 0 Å². The summed E-state index contributed by atoms with van der Waals surface area (Å²) in [6, 6.07) is -4.40. The smallest absolute Gasteiger partial charge is 0.332 e. The van der Waals surface area contributed by atoms with Crippen molar-refractivity contribution in [3.05, 3.63) is 89.0 Å². The highest BCUT2D eigenvalue weighted by Gasteiger charge is 2.57. The number of carbonyl (C=O) groups is 8. The van der Waals surface area contributed by atoms with Gasteiger partial charge in [-0.25, -0.2) is 19.2 Å². The van der Waals surface area contributed by atoms with E-state index in [-0.39, 0.29) is 159 Å². The molecule has 0 spiro atoms. The summed E-state index contributed by atoms with van der Waals surface area (Å²) in [7, 11) is 0. The molecular weight excluding hydrogens is 1880 g/mol. The number of Topliss-reactive ketones (excluding diaryl/α,β-unsaturated/α-hetero) is 2. The van der Waals surface area contributed by atoms with Gasteiger partial charge in [-0.1, -0.05) is 81.1 Å². The fourth-order valence-electron chi connectivity index (χ4n) is 19.8. The number of ether oxygens (including phenoxy) is 12. The van der Waals surface area contributed by atoms with E-state index in [0.29, 0.717) is 56.5 Å². The van der Waals surface area contributed by atoms with Crippen molar-refractivity contribution in [3.8, 4) is 0 Å². The third kappa shape index (κ3) is 30.7. The molecule has 8 fully saturated rings. The van der Waals surface area contributed by atoms with Gasteiger partial charge in [0.25, 0.3) is 22.9 Å². The number of aliphatic hydroxyl groups excluding tert-OH is 10. The molecule has 8 aliphatic rings. The van der Waals surface area contributed by atoms with E-state index in [1.54, 1.807) is 17.1 Å². The number of aromatic amines is 4. The first-order valence-corrected chi connectivity index (χ1v) is 49.0. The summed E-state index contributed by atoms with van der Waals surface area (Å²) in [4.78, 5) is 170. The fourth-order valence-corrected chi connectivity index (χ4v) is 19.8. The zero-order valence-corrected chi connectivity index (χ0v) is 79.2. The summed E-state index contributed by atoms with van der Waals surface area (Å²) in [5.41, 5.74) is 7.55. The Morgan fingerprint density at radius 2 is 0.859 bits per heavy atom. The van der Waals surface area contributed by atoms with E-state index in [1.807, 2.05) is 9.97 Å². The van der Waals surface area contributed by atoms with E-state index >= 15 is 0 Å². The Hall–Kier alpha value is -9.16. The number of aromatic nitrogens is 10. The Morgan fingerprint density at radius 3 is 1.25 bits per heavy atom. The lowest BCUT2D eigenvalue weighted by molar-refractivity contribution is -0.335. The molecule has 30 atom stereocenters. The molecular formula is C90H138N16O36. The van der Waals surface area contributed by atoms with Gasteiger partial charge in [0.05, 0.1) is 88.5 Å². The van der Waals surface area contributed by atoms with Crippen molar-refractivity contribution in [2.45, 2.75) is 378 Å². The third-order valence-electron chi connectivity index (χ3n) is 27.5. The second kappa shape index (κ2) is 53.8. The van der Waals surface area contributed by atoms with Crippen LogP contribution in [0.1, 0.15) is 213 Å². The summed E-state index contributed by atoms with van der Waals surface area (Å²) in [6.07, 6.45) is -28.4. The number of aliphatic hydroxyl groups is 10. The molecule has 52 nitrogen and oxygen atoms in total. The van der Waals surface area contributed by atoms with Crippen molar-refractivity contribution in [2.24, 2.45) is 35.1 Å². The molecule has 8 heterocycles. The minimum Gasteiger partial charge on any atom is -0.479 e. The summed E-state index contributed by atoms with van der Waals surface area (Å²) in [5, 5.41) is 161. The molecule has 0 radical (unpaired) electrons. The molecule has 4 aliphatic heterocycles. The summed E-state index contributed by atoms with van der Waals surface area (Å²) < 4.78 is 78.3. The zero-order valence-electron chi connectivity index (χ0n) is 79.2. The molecule has 4 saturated heterocycles. The molecule has 12 unspecified atom stereocenters. The molecule has 52 heteroatoms. The van der Waals surface area contributed by atoms with Crippen LogP contribution in [0.4, 0.5) is 0 Å². The molecule has 4 aliphatic carbocycles. The maximum absolute atomic E-state index is 14.5. The number of H-pyrrole nitrogens is 4. The van der Waals surface area contributed by atoms with Gasteiger partial charge in [0, 0.05) is 62.7 Å². The number of ketones is 2. The third-order valence-corrected chi connectivity index (χ3v) is 27.5. The van der Waals surface area contributed by atoms with Gasteiger partial charge in [0.2, 0.25) is 11.8 Å². The van der Waals surface area contributed by atoms with Crippen molar-refractivity contribution in [3.63, 3.8) is 0 Å². The van der Waals surface area contributed by atoms with Crippen LogP contribution < -0.4 is 55.2 Å². The van der Waals surface area contributed by atoms with Crippen LogP contribution in [0.2, 0.25) is 0 Å². The number of rotatable bonds is 51. The van der Waals surface area contributed by atoms with Crippen LogP contribution in [0.25, 0.3) is 0 Å². The molecule has 12 rings (SSSR count). The van der Waals surface area contributed by atoms with Crippen molar-refractivity contribution < 1.29 is 156 Å². The first-order valence-electron chi connectivity index (χ1n) is 49.0. The summed E-state index contributed by atoms with van der Waals surface area (Å²) >= 11 is 0. The highest BCUT2D eigenvalue weighted by molar-refractivity contribution is 5.93. The number of hydrogen-bond donors (Lipinski definition) is 22. The first-order chi connectivity index (χ1) is 68.1. The van der Waals surface area contributed by atoms with Gasteiger partial charge in [0.1, 0.15) is 132 Å². The SMILES string of the molecule is CC1O[C@@H](O[C@@H]2C(NC(=O)c3cc(=O)[nH]c(=O)[nH]3)CC(C(=O)CCCN)C[C@H]2O[C@@H]2O[C@@H](CO)[C@H](O)C(O[C@@H](CC3CCCCC3)C(=O)O)C2NC(=O)CCCCCn2cc(COCCOCc3cn(CCCC(=O)NC4C(O[C@@H](CC5CCCCC5)C(=O)O)[C@@H](O)[C@H](CO)O[C@H]4O[C@@H]4CC(C(=O)CCCN)CC(NC(=O)c5cc(=O)[nH]c(=O)[nH]5)[C@H]4O[C@@H]4OC(C)[C@@H](O)[C@H](O)C4O)nn3)nn2)C(O)[C@@H](O)[C@@H]1O. The van der Waals surface area contributed by atoms with Crippen LogP contribution >= 0.6 is 0 Å². The van der Waals surface area contributed by atoms with E-state index < -0.39 is 266 Å². The van der Waals surface area contributed by atoms with Gasteiger partial charge in [0.15, 0.2) is 37.4 Å². The van der Waals surface area contributed by atoms with Crippen molar-refractivity contribution >= 4 is 47.1 Å². The highest BCUT2D eigenvalue weighted by Crippen LogP contribution is 2.42. The number of nitrogens with one attached hydrogen (secondary N) is 8. The molecule has 24 N–H and O–H groups in total. The predicted octanol–water partition coefficient (Wildman–Crippen LogP) is -5.33. The van der Waals surface area contributed by atoms with E-state index in [0.717, 1.165) is 50.7 Å². The number of carboxylic acid groups (broad SMARTS) is 2. The maximum atomic E-state index is 14.5. The number of amides is 4. The number of hydrogen-bond acceptors (Lipinski definition) is 40. The Kier molecular flexibility index (Phi) is 42.3. The lowest BCUT2D eigenvalue weighted by Crippen LogP contribution is -2.68. The van der Waals surface area contributed by atoms with Crippen molar-refractivity contribution in [2.75, 3.05) is 39.5 Å². The molecule has 0 aromatic carbocycles. The van der Waals surface area contributed by atoms with Crippen molar-refractivity contribution in [1.29, 1.82) is 0 Å². The molecule has 794 valence electrons. The quantitative estimate of drug-likeness (QED) is 0.0184. The second-order valence-electron chi connectivity index (χ2n) is 38.0.